The molecule has 0 radical (unpaired) electrons. The number of carbonyl (C=O) groups excluding carboxylic acids is 2. The van der Waals surface area contributed by atoms with E-state index >= 15 is 0 Å². The molecule has 7 nitrogen and oxygen atoms in total. The van der Waals surface area contributed by atoms with E-state index in [4.69, 9.17) is 0 Å². The molecule has 0 spiro atoms. The Labute approximate surface area is 184 Å². The second-order valence-corrected chi connectivity index (χ2v) is 8.90. The van der Waals surface area contributed by atoms with Crippen LogP contribution in [0.15, 0.2) is 42.5 Å². The lowest BCUT2D eigenvalue weighted by Gasteiger charge is -2.36. The second kappa shape index (κ2) is 9.45. The number of benzene rings is 1. The topological polar surface area (TPSA) is 69.6 Å². The van der Waals surface area contributed by atoms with Crippen LogP contribution in [0.3, 0.4) is 0 Å². The third-order valence-electron chi connectivity index (χ3n) is 5.83. The summed E-state index contributed by atoms with van der Waals surface area (Å²) in [7, 11) is 0. The lowest BCUT2D eigenvalue weighted by atomic mass is 10.1. The van der Waals surface area contributed by atoms with Crippen molar-refractivity contribution >= 4 is 17.6 Å². The van der Waals surface area contributed by atoms with E-state index in [1.165, 1.54) is 0 Å². The number of anilines is 1. The van der Waals surface area contributed by atoms with Crippen molar-refractivity contribution < 1.29 is 9.59 Å². The Balaban J connectivity index is 1.31. The number of nitrogens with zero attached hydrogens (tertiary/aromatic N) is 5. The molecule has 1 saturated carbocycles. The largest absolute Gasteiger partial charge is 0.352 e. The Morgan fingerprint density at radius 2 is 1.71 bits per heavy atom. The maximum absolute atomic E-state index is 12.9. The van der Waals surface area contributed by atoms with Crippen LogP contribution in [0.25, 0.3) is 11.3 Å². The van der Waals surface area contributed by atoms with Crippen molar-refractivity contribution in [3.05, 3.63) is 42.5 Å². The molecule has 2 fully saturated rings. The molecular weight excluding hydrogens is 390 g/mol. The van der Waals surface area contributed by atoms with Gasteiger partial charge >= 0.3 is 0 Å². The summed E-state index contributed by atoms with van der Waals surface area (Å²) in [6.45, 7) is 7.70. The monoisotopic (exact) mass is 421 g/mol. The van der Waals surface area contributed by atoms with Gasteiger partial charge in [0.15, 0.2) is 5.82 Å². The van der Waals surface area contributed by atoms with Crippen LogP contribution in [-0.4, -0.2) is 71.1 Å². The molecule has 4 rings (SSSR count). The van der Waals surface area contributed by atoms with Gasteiger partial charge in [0.2, 0.25) is 11.8 Å². The molecule has 1 aromatic carbocycles. The summed E-state index contributed by atoms with van der Waals surface area (Å²) in [5.41, 5.74) is 1.90. The normalized spacial score (nSPS) is 16.5. The third-order valence-corrected chi connectivity index (χ3v) is 5.83. The fraction of sp³-hybridized carbons (Fsp3) is 0.500. The van der Waals surface area contributed by atoms with Crippen molar-refractivity contribution in [3.8, 4) is 11.3 Å². The lowest BCUT2D eigenvalue weighted by molar-refractivity contribution is -0.141. The quantitative estimate of drug-likeness (QED) is 0.688. The molecule has 1 saturated heterocycles. The van der Waals surface area contributed by atoms with Crippen LogP contribution in [-0.2, 0) is 9.59 Å². The molecule has 31 heavy (non-hydrogen) atoms. The molecule has 2 aliphatic rings. The van der Waals surface area contributed by atoms with Crippen molar-refractivity contribution in [1.82, 2.24) is 20.0 Å². The minimum absolute atomic E-state index is 0.0415. The van der Waals surface area contributed by atoms with Crippen molar-refractivity contribution in [1.29, 1.82) is 0 Å². The summed E-state index contributed by atoms with van der Waals surface area (Å²) in [4.78, 5) is 31.2. The number of hydrogen-bond donors (Lipinski definition) is 0. The molecular formula is C24H31N5O2. The molecule has 7 heteroatoms. The first kappa shape index (κ1) is 21.3. The van der Waals surface area contributed by atoms with Gasteiger partial charge in [-0.15, -0.1) is 10.2 Å². The van der Waals surface area contributed by atoms with Gasteiger partial charge in [-0.3, -0.25) is 9.59 Å². The third kappa shape index (κ3) is 5.40. The molecule has 0 bridgehead atoms. The Morgan fingerprint density at radius 3 is 2.29 bits per heavy atom. The summed E-state index contributed by atoms with van der Waals surface area (Å²) >= 11 is 0. The molecule has 0 atom stereocenters. The van der Waals surface area contributed by atoms with Gasteiger partial charge < -0.3 is 14.7 Å². The van der Waals surface area contributed by atoms with Crippen LogP contribution in [0.5, 0.6) is 0 Å². The van der Waals surface area contributed by atoms with E-state index in [9.17, 15) is 9.59 Å². The number of piperazine rings is 1. The molecule has 0 unspecified atom stereocenters. The van der Waals surface area contributed by atoms with Gasteiger partial charge in [-0.05, 0) is 30.9 Å². The molecule has 2 aromatic rings. The van der Waals surface area contributed by atoms with E-state index in [1.54, 1.807) is 4.90 Å². The van der Waals surface area contributed by atoms with E-state index in [2.05, 4.69) is 28.9 Å². The van der Waals surface area contributed by atoms with Crippen molar-refractivity contribution in [2.75, 3.05) is 44.2 Å². The first-order valence-electron chi connectivity index (χ1n) is 11.2. The molecule has 164 valence electrons. The standard InChI is InChI=1S/C24H31N5O2/c1-18(2)16-29(24(31)20-8-9-20)17-23(30)28-14-12-27(13-15-28)22-11-10-21(25-26-22)19-6-4-3-5-7-19/h3-7,10-11,18,20H,8-9,12-17H2,1-2H3. The predicted octanol–water partition coefficient (Wildman–Crippen LogP) is 2.69. The van der Waals surface area contributed by atoms with Crippen LogP contribution in [0.1, 0.15) is 26.7 Å². The molecule has 1 aliphatic carbocycles. The zero-order valence-electron chi connectivity index (χ0n) is 18.4. The summed E-state index contributed by atoms with van der Waals surface area (Å²) in [6.07, 6.45) is 1.93. The molecule has 2 heterocycles. The highest BCUT2D eigenvalue weighted by molar-refractivity contribution is 5.87. The fourth-order valence-corrected chi connectivity index (χ4v) is 3.97. The first-order chi connectivity index (χ1) is 15.0. The van der Waals surface area contributed by atoms with E-state index in [0.717, 1.165) is 29.9 Å². The average Bonchev–Trinajstić information content (AvgIpc) is 3.64. The van der Waals surface area contributed by atoms with Gasteiger partial charge in [0.25, 0.3) is 0 Å². The SMILES string of the molecule is CC(C)CN(CC(=O)N1CCN(c2ccc(-c3ccccc3)nn2)CC1)C(=O)C1CC1. The maximum atomic E-state index is 12.9. The van der Waals surface area contributed by atoms with Gasteiger partial charge in [-0.1, -0.05) is 44.2 Å². The van der Waals surface area contributed by atoms with Gasteiger partial charge in [0.05, 0.1) is 12.2 Å². The van der Waals surface area contributed by atoms with Crippen LogP contribution in [0.4, 0.5) is 5.82 Å². The van der Waals surface area contributed by atoms with Gasteiger partial charge in [-0.2, -0.15) is 0 Å². The summed E-state index contributed by atoms with van der Waals surface area (Å²) in [5.74, 6) is 1.51. The highest BCUT2D eigenvalue weighted by Gasteiger charge is 2.35. The minimum atomic E-state index is 0.0415. The summed E-state index contributed by atoms with van der Waals surface area (Å²) in [5, 5.41) is 8.77. The minimum Gasteiger partial charge on any atom is -0.352 e. The molecule has 0 N–H and O–H groups in total. The number of carbonyl (C=O) groups is 2. The van der Waals surface area contributed by atoms with Crippen molar-refractivity contribution in [2.24, 2.45) is 11.8 Å². The van der Waals surface area contributed by atoms with Gasteiger partial charge in [0.1, 0.15) is 0 Å². The zero-order valence-corrected chi connectivity index (χ0v) is 18.4. The predicted molar refractivity (Wildman–Crippen MR) is 120 cm³/mol. The Morgan fingerprint density at radius 1 is 1.00 bits per heavy atom. The van der Waals surface area contributed by atoms with E-state index in [-0.39, 0.29) is 24.3 Å². The molecule has 2 amide bonds. The number of hydrogen-bond acceptors (Lipinski definition) is 5. The van der Waals surface area contributed by atoms with E-state index in [0.29, 0.717) is 38.6 Å². The van der Waals surface area contributed by atoms with Crippen molar-refractivity contribution in [3.63, 3.8) is 0 Å². The highest BCUT2D eigenvalue weighted by atomic mass is 16.2. The highest BCUT2D eigenvalue weighted by Crippen LogP contribution is 2.31. The average molecular weight is 422 g/mol. The van der Waals surface area contributed by atoms with Crippen LogP contribution in [0.2, 0.25) is 0 Å². The summed E-state index contributed by atoms with van der Waals surface area (Å²) < 4.78 is 0. The maximum Gasteiger partial charge on any atom is 0.242 e. The fourth-order valence-electron chi connectivity index (χ4n) is 3.97. The second-order valence-electron chi connectivity index (χ2n) is 8.90. The van der Waals surface area contributed by atoms with Gasteiger partial charge in [0, 0.05) is 44.2 Å². The zero-order chi connectivity index (χ0) is 21.8. The Bertz CT molecular complexity index is 888. The van der Waals surface area contributed by atoms with Gasteiger partial charge in [-0.25, -0.2) is 0 Å². The summed E-state index contributed by atoms with van der Waals surface area (Å²) in [6, 6.07) is 14.0. The van der Waals surface area contributed by atoms with Crippen LogP contribution >= 0.6 is 0 Å². The smallest absolute Gasteiger partial charge is 0.242 e. The number of aromatic nitrogens is 2. The Hall–Kier alpha value is -2.96. The first-order valence-corrected chi connectivity index (χ1v) is 11.2. The van der Waals surface area contributed by atoms with Crippen LogP contribution < -0.4 is 4.90 Å². The van der Waals surface area contributed by atoms with E-state index in [1.807, 2.05) is 47.4 Å². The van der Waals surface area contributed by atoms with Crippen molar-refractivity contribution in [2.45, 2.75) is 26.7 Å². The van der Waals surface area contributed by atoms with E-state index < -0.39 is 0 Å². The lowest BCUT2D eigenvalue weighted by Crippen LogP contribution is -2.52. The van der Waals surface area contributed by atoms with Crippen LogP contribution in [0, 0.1) is 11.8 Å². The number of amides is 2. The molecule has 1 aliphatic heterocycles. The Kier molecular flexibility index (Phi) is 6.49. The molecule has 1 aromatic heterocycles. The number of rotatable bonds is 7.